The van der Waals surface area contributed by atoms with Gasteiger partial charge in [0.25, 0.3) is 0 Å². The fourth-order valence-electron chi connectivity index (χ4n) is 1.65. The molecule has 0 aliphatic rings. The fraction of sp³-hybridized carbons (Fsp3) is 0.167. The van der Waals surface area contributed by atoms with E-state index in [-0.39, 0.29) is 12.3 Å². The molecular formula is C12H10ClNO2S. The van der Waals surface area contributed by atoms with Crippen LogP contribution in [0.4, 0.5) is 0 Å². The number of aliphatic carboxylic acids is 1. The average Bonchev–Trinajstić information content (AvgIpc) is 2.79. The van der Waals surface area contributed by atoms with Gasteiger partial charge in [-0.3, -0.25) is 4.79 Å². The third-order valence-corrected chi connectivity index (χ3v) is 3.50. The van der Waals surface area contributed by atoms with Crippen LogP contribution in [-0.4, -0.2) is 16.1 Å². The van der Waals surface area contributed by atoms with Crippen LogP contribution in [0.2, 0.25) is 5.02 Å². The lowest BCUT2D eigenvalue weighted by molar-refractivity contribution is -0.137. The van der Waals surface area contributed by atoms with Gasteiger partial charge in [-0.1, -0.05) is 23.7 Å². The fourth-order valence-corrected chi connectivity index (χ4v) is 2.62. The van der Waals surface area contributed by atoms with Crippen molar-refractivity contribution in [2.45, 2.75) is 12.3 Å². The molecule has 3 nitrogen and oxygen atoms in total. The number of aromatic nitrogens is 1. The van der Waals surface area contributed by atoms with Crippen LogP contribution < -0.4 is 0 Å². The molecule has 0 bridgehead atoms. The molecular weight excluding hydrogens is 258 g/mol. The molecule has 88 valence electrons. The van der Waals surface area contributed by atoms with E-state index in [1.807, 2.05) is 17.5 Å². The summed E-state index contributed by atoms with van der Waals surface area (Å²) in [6.07, 6.45) is 1.70. The minimum atomic E-state index is -0.842. The van der Waals surface area contributed by atoms with Crippen LogP contribution in [0.3, 0.4) is 0 Å². The Labute approximate surface area is 108 Å². The van der Waals surface area contributed by atoms with E-state index in [1.54, 1.807) is 18.3 Å². The third kappa shape index (κ3) is 3.05. The summed E-state index contributed by atoms with van der Waals surface area (Å²) in [5.41, 5.74) is 0.884. The normalized spacial score (nSPS) is 12.3. The molecule has 1 aromatic heterocycles. The second-order valence-corrected chi connectivity index (χ2v) is 4.94. The lowest BCUT2D eigenvalue weighted by atomic mass is 9.96. The first-order chi connectivity index (χ1) is 8.16. The quantitative estimate of drug-likeness (QED) is 0.924. The van der Waals surface area contributed by atoms with Gasteiger partial charge in [-0.05, 0) is 17.7 Å². The van der Waals surface area contributed by atoms with E-state index in [9.17, 15) is 4.79 Å². The summed E-state index contributed by atoms with van der Waals surface area (Å²) in [6.45, 7) is 0. The zero-order chi connectivity index (χ0) is 12.3. The standard InChI is InChI=1S/C12H10ClNO2S/c13-9-3-1-2-8(6-9)10(7-11(15)16)12-14-4-5-17-12/h1-6,10H,7H2,(H,15,16). The van der Waals surface area contributed by atoms with Crippen LogP contribution in [0.1, 0.15) is 22.9 Å². The van der Waals surface area contributed by atoms with Crippen molar-refractivity contribution in [2.24, 2.45) is 0 Å². The second-order valence-electron chi connectivity index (χ2n) is 3.58. The van der Waals surface area contributed by atoms with Gasteiger partial charge >= 0.3 is 5.97 Å². The van der Waals surface area contributed by atoms with Crippen LogP contribution in [-0.2, 0) is 4.79 Å². The van der Waals surface area contributed by atoms with Gasteiger partial charge in [0.2, 0.25) is 0 Å². The maximum absolute atomic E-state index is 10.9. The Morgan fingerprint density at radius 1 is 1.53 bits per heavy atom. The van der Waals surface area contributed by atoms with E-state index in [4.69, 9.17) is 16.7 Å². The number of halogens is 1. The Kier molecular flexibility index (Phi) is 3.76. The third-order valence-electron chi connectivity index (χ3n) is 2.38. The Balaban J connectivity index is 2.36. The van der Waals surface area contributed by atoms with Gasteiger partial charge in [0.15, 0.2) is 0 Å². The van der Waals surface area contributed by atoms with Crippen molar-refractivity contribution < 1.29 is 9.90 Å². The van der Waals surface area contributed by atoms with Gasteiger partial charge in [-0.15, -0.1) is 11.3 Å². The van der Waals surface area contributed by atoms with E-state index in [1.165, 1.54) is 11.3 Å². The highest BCUT2D eigenvalue weighted by Crippen LogP contribution is 2.30. The molecule has 0 amide bonds. The molecule has 1 N–H and O–H groups in total. The molecule has 0 aliphatic heterocycles. The highest BCUT2D eigenvalue weighted by atomic mass is 35.5. The molecule has 0 aliphatic carbocycles. The van der Waals surface area contributed by atoms with Crippen LogP contribution in [0.5, 0.6) is 0 Å². The van der Waals surface area contributed by atoms with Crippen molar-refractivity contribution in [3.63, 3.8) is 0 Å². The average molecular weight is 268 g/mol. The van der Waals surface area contributed by atoms with Crippen molar-refractivity contribution in [3.8, 4) is 0 Å². The zero-order valence-corrected chi connectivity index (χ0v) is 10.4. The van der Waals surface area contributed by atoms with Gasteiger partial charge in [0.1, 0.15) is 5.01 Å². The molecule has 0 radical (unpaired) electrons. The van der Waals surface area contributed by atoms with Gasteiger partial charge in [0, 0.05) is 22.5 Å². The summed E-state index contributed by atoms with van der Waals surface area (Å²) in [5.74, 6) is -1.07. The molecule has 2 rings (SSSR count). The van der Waals surface area contributed by atoms with Gasteiger partial charge in [-0.25, -0.2) is 4.98 Å². The summed E-state index contributed by atoms with van der Waals surface area (Å²) in [6, 6.07) is 7.25. The van der Waals surface area contributed by atoms with Crippen molar-refractivity contribution in [3.05, 3.63) is 51.4 Å². The number of carboxylic acid groups (broad SMARTS) is 1. The first kappa shape index (κ1) is 12.1. The van der Waals surface area contributed by atoms with Crippen LogP contribution in [0.15, 0.2) is 35.8 Å². The molecule has 0 saturated carbocycles. The highest BCUT2D eigenvalue weighted by Gasteiger charge is 2.20. The van der Waals surface area contributed by atoms with E-state index in [0.29, 0.717) is 5.02 Å². The molecule has 17 heavy (non-hydrogen) atoms. The largest absolute Gasteiger partial charge is 0.481 e. The molecule has 1 unspecified atom stereocenters. The van der Waals surface area contributed by atoms with Crippen molar-refractivity contribution in [1.29, 1.82) is 0 Å². The summed E-state index contributed by atoms with van der Waals surface area (Å²) in [4.78, 5) is 15.1. The molecule has 0 saturated heterocycles. The SMILES string of the molecule is O=C(O)CC(c1cccc(Cl)c1)c1nccs1. The van der Waals surface area contributed by atoms with E-state index >= 15 is 0 Å². The van der Waals surface area contributed by atoms with Gasteiger partial charge in [0.05, 0.1) is 6.42 Å². The van der Waals surface area contributed by atoms with Crippen molar-refractivity contribution >= 4 is 28.9 Å². The predicted octanol–water partition coefficient (Wildman–Crippen LogP) is 3.40. The number of benzene rings is 1. The van der Waals surface area contributed by atoms with Gasteiger partial charge < -0.3 is 5.11 Å². The molecule has 2 aromatic rings. The number of carbonyl (C=O) groups is 1. The van der Waals surface area contributed by atoms with Gasteiger partial charge in [-0.2, -0.15) is 0 Å². The second kappa shape index (κ2) is 5.29. The number of hydrogen-bond acceptors (Lipinski definition) is 3. The Hall–Kier alpha value is -1.39. The first-order valence-corrected chi connectivity index (χ1v) is 6.29. The van der Waals surface area contributed by atoms with Crippen molar-refractivity contribution in [1.82, 2.24) is 4.98 Å². The summed E-state index contributed by atoms with van der Waals surface area (Å²) in [7, 11) is 0. The molecule has 1 atom stereocenters. The number of thiazole rings is 1. The number of carboxylic acids is 1. The topological polar surface area (TPSA) is 50.2 Å². The van der Waals surface area contributed by atoms with Crippen LogP contribution >= 0.6 is 22.9 Å². The summed E-state index contributed by atoms with van der Waals surface area (Å²) in [5, 5.41) is 12.2. The molecule has 0 spiro atoms. The predicted molar refractivity (Wildman–Crippen MR) is 67.7 cm³/mol. The zero-order valence-electron chi connectivity index (χ0n) is 8.84. The number of nitrogens with zero attached hydrogens (tertiary/aromatic N) is 1. The minimum Gasteiger partial charge on any atom is -0.481 e. The summed E-state index contributed by atoms with van der Waals surface area (Å²) >= 11 is 7.38. The molecule has 0 fully saturated rings. The maximum atomic E-state index is 10.9. The number of rotatable bonds is 4. The van der Waals surface area contributed by atoms with Crippen molar-refractivity contribution in [2.75, 3.05) is 0 Å². The Bertz CT molecular complexity index is 513. The highest BCUT2D eigenvalue weighted by molar-refractivity contribution is 7.09. The Morgan fingerprint density at radius 3 is 2.94 bits per heavy atom. The Morgan fingerprint density at radius 2 is 2.35 bits per heavy atom. The monoisotopic (exact) mass is 267 g/mol. The maximum Gasteiger partial charge on any atom is 0.304 e. The lowest BCUT2D eigenvalue weighted by Crippen LogP contribution is -2.07. The first-order valence-electron chi connectivity index (χ1n) is 5.03. The van der Waals surface area contributed by atoms with Crippen LogP contribution in [0.25, 0.3) is 0 Å². The van der Waals surface area contributed by atoms with E-state index in [2.05, 4.69) is 4.98 Å². The molecule has 5 heteroatoms. The lowest BCUT2D eigenvalue weighted by Gasteiger charge is -2.12. The van der Waals surface area contributed by atoms with Crippen LogP contribution in [0, 0.1) is 0 Å². The minimum absolute atomic E-state index is 0.0217. The molecule has 1 heterocycles. The smallest absolute Gasteiger partial charge is 0.304 e. The number of hydrogen-bond donors (Lipinski definition) is 1. The van der Waals surface area contributed by atoms with E-state index in [0.717, 1.165) is 10.6 Å². The molecule has 1 aromatic carbocycles. The van der Waals surface area contributed by atoms with E-state index < -0.39 is 5.97 Å². The summed E-state index contributed by atoms with van der Waals surface area (Å²) < 4.78 is 0.